The zero-order chi connectivity index (χ0) is 13.1. The Bertz CT molecular complexity index is 467. The Balaban J connectivity index is 2.23. The van der Waals surface area contributed by atoms with Crippen molar-refractivity contribution in [2.45, 2.75) is 6.04 Å². The first-order valence-corrected chi connectivity index (χ1v) is 5.64. The normalized spacial score (nSPS) is 18.7. The Morgan fingerprint density at radius 1 is 1.28 bits per heavy atom. The van der Waals surface area contributed by atoms with E-state index >= 15 is 0 Å². The smallest absolute Gasteiger partial charge is 0.265 e. The Morgan fingerprint density at radius 2 is 1.94 bits per heavy atom. The minimum atomic E-state index is -0.741. The summed E-state index contributed by atoms with van der Waals surface area (Å²) in [4.78, 5) is 17.5. The molecule has 1 aliphatic heterocycles. The van der Waals surface area contributed by atoms with Gasteiger partial charge in [-0.05, 0) is 24.3 Å². The van der Waals surface area contributed by atoms with Gasteiger partial charge in [-0.15, -0.1) is 0 Å². The Hall–Kier alpha value is -2.08. The number of aliphatic hydroxyl groups excluding tert-OH is 1. The molecule has 2 rings (SSSR count). The summed E-state index contributed by atoms with van der Waals surface area (Å²) in [5, 5.41) is 9.04. The minimum Gasteiger partial charge on any atom is -0.394 e. The molecular formula is C12H16N4O2. The van der Waals surface area contributed by atoms with Crippen molar-refractivity contribution in [3.63, 3.8) is 0 Å². The summed E-state index contributed by atoms with van der Waals surface area (Å²) < 4.78 is 0. The van der Waals surface area contributed by atoms with Gasteiger partial charge in [-0.25, -0.2) is 0 Å². The molecule has 18 heavy (non-hydrogen) atoms. The van der Waals surface area contributed by atoms with Crippen molar-refractivity contribution in [2.24, 2.45) is 4.99 Å². The number of aliphatic hydroxyl groups is 1. The highest BCUT2D eigenvalue weighted by Gasteiger charge is 2.22. The molecule has 3 N–H and O–H groups in total. The second-order valence-electron chi connectivity index (χ2n) is 4.23. The number of hydrogen-bond acceptors (Lipinski definition) is 5. The Morgan fingerprint density at radius 3 is 2.50 bits per heavy atom. The number of carbonyl (C=O) groups excluding carboxylic acids is 1. The summed E-state index contributed by atoms with van der Waals surface area (Å²) in [6.45, 7) is -0.299. The van der Waals surface area contributed by atoms with Crippen LogP contribution in [0.4, 0.5) is 5.69 Å². The second kappa shape index (κ2) is 5.05. The van der Waals surface area contributed by atoms with Crippen LogP contribution in [0.25, 0.3) is 0 Å². The number of nitrogens with one attached hydrogen (secondary N) is 2. The predicted octanol–water partition coefficient (Wildman–Crippen LogP) is -0.505. The molecule has 6 nitrogen and oxygen atoms in total. The van der Waals surface area contributed by atoms with Gasteiger partial charge in [0.15, 0.2) is 6.04 Å². The maximum atomic E-state index is 11.3. The fourth-order valence-corrected chi connectivity index (χ4v) is 1.64. The molecule has 96 valence electrons. The number of amides is 1. The third-order valence-corrected chi connectivity index (χ3v) is 2.72. The van der Waals surface area contributed by atoms with Crippen LogP contribution >= 0.6 is 0 Å². The fraction of sp³-hybridized carbons (Fsp3) is 0.333. The molecule has 1 aliphatic rings. The SMILES string of the molecule is CN(C)c1ccc(C2=NC(CO)C(=O)NN2)cc1. The van der Waals surface area contributed by atoms with Crippen molar-refractivity contribution < 1.29 is 9.90 Å². The maximum Gasteiger partial charge on any atom is 0.265 e. The monoisotopic (exact) mass is 248 g/mol. The molecule has 0 bridgehead atoms. The molecule has 0 radical (unpaired) electrons. The lowest BCUT2D eigenvalue weighted by molar-refractivity contribution is -0.124. The summed E-state index contributed by atoms with van der Waals surface area (Å²) in [5.74, 6) is 0.227. The number of benzene rings is 1. The number of aliphatic imine (C=N–C) groups is 1. The number of amidine groups is 1. The van der Waals surface area contributed by atoms with E-state index in [1.165, 1.54) is 0 Å². The summed E-state index contributed by atoms with van der Waals surface area (Å²) in [5.41, 5.74) is 7.14. The third kappa shape index (κ3) is 2.43. The van der Waals surface area contributed by atoms with Gasteiger partial charge in [-0.1, -0.05) is 0 Å². The van der Waals surface area contributed by atoms with E-state index in [9.17, 15) is 4.79 Å². The van der Waals surface area contributed by atoms with Crippen LogP contribution in [-0.2, 0) is 4.79 Å². The maximum absolute atomic E-state index is 11.3. The van der Waals surface area contributed by atoms with Gasteiger partial charge >= 0.3 is 0 Å². The standard InChI is InChI=1S/C12H16N4O2/c1-16(2)9-5-3-8(4-6-9)11-13-10(7-17)12(18)15-14-11/h3-6,10,17H,7H2,1-2H3,(H,13,14)(H,15,18). The first-order valence-electron chi connectivity index (χ1n) is 5.64. The van der Waals surface area contributed by atoms with Gasteiger partial charge in [0.2, 0.25) is 0 Å². The van der Waals surface area contributed by atoms with Crippen molar-refractivity contribution >= 4 is 17.4 Å². The highest BCUT2D eigenvalue weighted by atomic mass is 16.3. The summed E-state index contributed by atoms with van der Waals surface area (Å²) >= 11 is 0. The summed E-state index contributed by atoms with van der Waals surface area (Å²) in [7, 11) is 3.93. The van der Waals surface area contributed by atoms with Gasteiger partial charge in [0, 0.05) is 25.3 Å². The highest BCUT2D eigenvalue weighted by molar-refractivity contribution is 6.03. The van der Waals surface area contributed by atoms with Crippen LogP contribution in [-0.4, -0.2) is 43.6 Å². The highest BCUT2D eigenvalue weighted by Crippen LogP contribution is 2.13. The molecule has 0 aliphatic carbocycles. The second-order valence-corrected chi connectivity index (χ2v) is 4.23. The van der Waals surface area contributed by atoms with Gasteiger partial charge in [0.25, 0.3) is 5.91 Å². The zero-order valence-corrected chi connectivity index (χ0v) is 10.3. The van der Waals surface area contributed by atoms with E-state index in [1.54, 1.807) is 0 Å². The molecule has 0 saturated carbocycles. The number of hydrogen-bond donors (Lipinski definition) is 3. The number of rotatable bonds is 3. The van der Waals surface area contributed by atoms with Crippen LogP contribution in [0.5, 0.6) is 0 Å². The van der Waals surface area contributed by atoms with Gasteiger partial charge in [-0.2, -0.15) is 0 Å². The molecule has 1 unspecified atom stereocenters. The lowest BCUT2D eigenvalue weighted by Crippen LogP contribution is -2.52. The molecule has 1 heterocycles. The van der Waals surface area contributed by atoms with Crippen LogP contribution in [0.2, 0.25) is 0 Å². The minimum absolute atomic E-state index is 0.299. The van der Waals surface area contributed by atoms with E-state index in [0.29, 0.717) is 5.84 Å². The molecular weight excluding hydrogens is 232 g/mol. The predicted molar refractivity (Wildman–Crippen MR) is 69.5 cm³/mol. The molecule has 0 saturated heterocycles. The molecule has 6 heteroatoms. The molecule has 0 spiro atoms. The third-order valence-electron chi connectivity index (χ3n) is 2.72. The van der Waals surface area contributed by atoms with Gasteiger partial charge in [-0.3, -0.25) is 20.6 Å². The molecule has 0 fully saturated rings. The quantitative estimate of drug-likeness (QED) is 0.673. The van der Waals surface area contributed by atoms with Crippen molar-refractivity contribution in [1.82, 2.24) is 10.9 Å². The van der Waals surface area contributed by atoms with E-state index in [1.807, 2.05) is 43.3 Å². The largest absolute Gasteiger partial charge is 0.394 e. The van der Waals surface area contributed by atoms with Crippen LogP contribution in [0.15, 0.2) is 29.3 Å². The summed E-state index contributed by atoms with van der Waals surface area (Å²) in [6, 6.07) is 7.00. The van der Waals surface area contributed by atoms with Gasteiger partial charge in [0.05, 0.1) is 6.61 Å². The summed E-state index contributed by atoms with van der Waals surface area (Å²) in [6.07, 6.45) is 0. The van der Waals surface area contributed by atoms with E-state index in [0.717, 1.165) is 11.3 Å². The lowest BCUT2D eigenvalue weighted by atomic mass is 10.1. The number of anilines is 1. The van der Waals surface area contributed by atoms with E-state index in [-0.39, 0.29) is 12.5 Å². The topological polar surface area (TPSA) is 77.0 Å². The first-order chi connectivity index (χ1) is 8.61. The van der Waals surface area contributed by atoms with E-state index in [4.69, 9.17) is 5.11 Å². The molecule has 1 aromatic rings. The van der Waals surface area contributed by atoms with E-state index < -0.39 is 6.04 Å². The molecule has 0 aromatic heterocycles. The van der Waals surface area contributed by atoms with Crippen molar-refractivity contribution in [1.29, 1.82) is 0 Å². The number of hydrazine groups is 1. The average Bonchev–Trinajstić information content (AvgIpc) is 2.39. The molecule has 1 atom stereocenters. The Kier molecular flexibility index (Phi) is 3.47. The first kappa shape index (κ1) is 12.4. The lowest BCUT2D eigenvalue weighted by Gasteiger charge is -2.21. The zero-order valence-electron chi connectivity index (χ0n) is 10.3. The Labute approximate surface area is 105 Å². The van der Waals surface area contributed by atoms with Crippen LogP contribution in [0, 0.1) is 0 Å². The van der Waals surface area contributed by atoms with Crippen LogP contribution < -0.4 is 15.8 Å². The molecule has 1 amide bonds. The average molecular weight is 248 g/mol. The van der Waals surface area contributed by atoms with Crippen LogP contribution in [0.3, 0.4) is 0 Å². The fourth-order valence-electron chi connectivity index (χ4n) is 1.64. The van der Waals surface area contributed by atoms with E-state index in [2.05, 4.69) is 15.8 Å². The number of carbonyl (C=O) groups is 1. The number of nitrogens with zero attached hydrogens (tertiary/aromatic N) is 2. The molecule has 1 aromatic carbocycles. The van der Waals surface area contributed by atoms with Gasteiger partial charge in [0.1, 0.15) is 5.84 Å². The van der Waals surface area contributed by atoms with Crippen LogP contribution in [0.1, 0.15) is 5.56 Å². The van der Waals surface area contributed by atoms with Crippen molar-refractivity contribution in [3.8, 4) is 0 Å². The van der Waals surface area contributed by atoms with Gasteiger partial charge < -0.3 is 10.0 Å². The van der Waals surface area contributed by atoms with Crippen molar-refractivity contribution in [3.05, 3.63) is 29.8 Å². The van der Waals surface area contributed by atoms with Crippen molar-refractivity contribution in [2.75, 3.05) is 25.6 Å².